The third-order valence-electron chi connectivity index (χ3n) is 10.1. The van der Waals surface area contributed by atoms with Gasteiger partial charge in [0.1, 0.15) is 0 Å². The Bertz CT molecular complexity index is 1090. The van der Waals surface area contributed by atoms with Gasteiger partial charge in [-0.1, -0.05) is 197 Å². The number of nitrogens with one attached hydrogen (secondary N) is 1. The molecule has 1 amide bonds. The molecule has 2 atom stereocenters. The molecule has 320 valence electrons. The summed E-state index contributed by atoms with van der Waals surface area (Å²) in [5, 5.41) is 13.2. The van der Waals surface area contributed by atoms with Crippen LogP contribution in [-0.4, -0.2) is 41.9 Å². The van der Waals surface area contributed by atoms with E-state index in [1.54, 1.807) is 6.08 Å². The molecular weight excluding hydrogens is 703 g/mol. The Labute approximate surface area is 341 Å². The van der Waals surface area contributed by atoms with Crippen molar-refractivity contribution in [3.8, 4) is 0 Å². The quantitative estimate of drug-likeness (QED) is 0.0325. The van der Waals surface area contributed by atoms with Crippen LogP contribution in [-0.2, 0) is 14.9 Å². The molecule has 0 bridgehead atoms. The van der Waals surface area contributed by atoms with Crippen LogP contribution in [0.1, 0.15) is 219 Å². The molecule has 3 N–H and O–H groups in total. The van der Waals surface area contributed by atoms with Crippen molar-refractivity contribution >= 4 is 16.0 Å². The Hall–Kier alpha value is -1.96. The van der Waals surface area contributed by atoms with Gasteiger partial charge in [-0.2, -0.15) is 8.42 Å². The number of hydrogen-bond acceptors (Lipinski definition) is 4. The zero-order valence-corrected chi connectivity index (χ0v) is 36.6. The van der Waals surface area contributed by atoms with E-state index in [9.17, 15) is 22.9 Å². The SMILES string of the molecule is CCCCCCC/C=C\C/C=C\CCCCCCCCCCCCCC(=O)NC(CS(=O)(=O)O)C(O)/C=C/CC/C=C/CC/C=C/CCCCCCCCC. The van der Waals surface area contributed by atoms with Crippen molar-refractivity contribution in [1.29, 1.82) is 0 Å². The second-order valence-electron chi connectivity index (χ2n) is 15.7. The van der Waals surface area contributed by atoms with Crippen molar-refractivity contribution in [3.05, 3.63) is 60.8 Å². The maximum absolute atomic E-state index is 12.6. The molecule has 0 aliphatic heterocycles. The van der Waals surface area contributed by atoms with Crippen LogP contribution in [0.3, 0.4) is 0 Å². The smallest absolute Gasteiger partial charge is 0.267 e. The largest absolute Gasteiger partial charge is 0.387 e. The van der Waals surface area contributed by atoms with Crippen molar-refractivity contribution in [1.82, 2.24) is 5.32 Å². The van der Waals surface area contributed by atoms with Gasteiger partial charge in [-0.25, -0.2) is 0 Å². The highest BCUT2D eigenvalue weighted by Gasteiger charge is 2.24. The molecule has 6 nitrogen and oxygen atoms in total. The summed E-state index contributed by atoms with van der Waals surface area (Å²) in [6, 6.07) is -1.08. The van der Waals surface area contributed by atoms with Gasteiger partial charge in [-0.15, -0.1) is 0 Å². The van der Waals surface area contributed by atoms with E-state index in [1.807, 2.05) is 0 Å². The molecule has 55 heavy (non-hydrogen) atoms. The second kappa shape index (κ2) is 41.7. The third kappa shape index (κ3) is 43.0. The second-order valence-corrected chi connectivity index (χ2v) is 17.2. The Morgan fingerprint density at radius 1 is 0.491 bits per heavy atom. The standard InChI is InChI=1S/C48H87NO5S/c1-3-5-7-9-11-13-15-17-19-21-22-23-24-25-26-28-30-32-34-36-38-40-42-44-48(51)49-46(45-55(52,53)54)47(50)43-41-39-37-35-33-31-29-27-20-18-16-14-12-10-8-6-4-2/h15,17,20-22,27,33,35,41,43,46-47,50H,3-14,16,18-19,23-26,28-32,34,36-40,42,44-45H2,1-2H3,(H,49,51)(H,52,53,54)/b17-15-,22-21-,27-20+,35-33+,43-41+. The lowest BCUT2D eigenvalue weighted by Gasteiger charge is -2.21. The van der Waals surface area contributed by atoms with Gasteiger partial charge in [-0.3, -0.25) is 9.35 Å². The number of allylic oxidation sites excluding steroid dienone is 9. The number of rotatable bonds is 41. The van der Waals surface area contributed by atoms with Gasteiger partial charge in [0.2, 0.25) is 5.91 Å². The minimum atomic E-state index is -4.36. The van der Waals surface area contributed by atoms with Gasteiger partial charge in [0.25, 0.3) is 10.1 Å². The van der Waals surface area contributed by atoms with E-state index in [4.69, 9.17) is 0 Å². The van der Waals surface area contributed by atoms with Crippen LogP contribution >= 0.6 is 0 Å². The molecule has 0 aromatic heterocycles. The topological polar surface area (TPSA) is 104 Å². The molecule has 0 saturated heterocycles. The number of aliphatic hydroxyl groups excluding tert-OH is 1. The highest BCUT2D eigenvalue weighted by Crippen LogP contribution is 2.14. The van der Waals surface area contributed by atoms with E-state index in [2.05, 4.69) is 67.8 Å². The van der Waals surface area contributed by atoms with E-state index in [-0.39, 0.29) is 12.3 Å². The molecule has 0 aliphatic carbocycles. The molecule has 7 heteroatoms. The monoisotopic (exact) mass is 790 g/mol. The predicted octanol–water partition coefficient (Wildman–Crippen LogP) is 14.0. The summed E-state index contributed by atoms with van der Waals surface area (Å²) in [6.07, 6.45) is 57.8. The molecule has 0 fully saturated rings. The third-order valence-corrected chi connectivity index (χ3v) is 10.9. The van der Waals surface area contributed by atoms with Crippen molar-refractivity contribution in [2.24, 2.45) is 0 Å². The minimum Gasteiger partial charge on any atom is -0.387 e. The van der Waals surface area contributed by atoms with Gasteiger partial charge in [0.15, 0.2) is 0 Å². The Morgan fingerprint density at radius 2 is 0.836 bits per heavy atom. The fraction of sp³-hybridized carbons (Fsp3) is 0.771. The normalized spacial score (nSPS) is 13.7. The molecule has 0 aromatic carbocycles. The van der Waals surface area contributed by atoms with E-state index in [0.29, 0.717) is 6.42 Å². The lowest BCUT2D eigenvalue weighted by molar-refractivity contribution is -0.122. The average Bonchev–Trinajstić information content (AvgIpc) is 3.15. The molecule has 0 rings (SSSR count). The molecule has 2 unspecified atom stereocenters. The van der Waals surface area contributed by atoms with Crippen LogP contribution in [0.25, 0.3) is 0 Å². The van der Waals surface area contributed by atoms with E-state index < -0.39 is 28.0 Å². The Morgan fingerprint density at radius 3 is 1.25 bits per heavy atom. The number of carbonyl (C=O) groups is 1. The van der Waals surface area contributed by atoms with Crippen LogP contribution in [0.15, 0.2) is 60.8 Å². The van der Waals surface area contributed by atoms with Gasteiger partial charge >= 0.3 is 0 Å². The van der Waals surface area contributed by atoms with E-state index in [1.165, 1.54) is 154 Å². The average molecular weight is 790 g/mol. The molecule has 0 aromatic rings. The number of unbranched alkanes of at least 4 members (excludes halogenated alkanes) is 25. The summed E-state index contributed by atoms with van der Waals surface area (Å²) in [7, 11) is -4.36. The number of hydrogen-bond donors (Lipinski definition) is 3. The van der Waals surface area contributed by atoms with Gasteiger partial charge in [-0.05, 0) is 77.0 Å². The molecule has 0 heterocycles. The van der Waals surface area contributed by atoms with Crippen LogP contribution in [0.4, 0.5) is 0 Å². The van der Waals surface area contributed by atoms with Crippen LogP contribution < -0.4 is 5.32 Å². The minimum absolute atomic E-state index is 0.280. The summed E-state index contributed by atoms with van der Waals surface area (Å²) in [5.41, 5.74) is 0. The summed E-state index contributed by atoms with van der Waals surface area (Å²) < 4.78 is 32.6. The van der Waals surface area contributed by atoms with Crippen molar-refractivity contribution in [3.63, 3.8) is 0 Å². The Balaban J connectivity index is 3.91. The van der Waals surface area contributed by atoms with Crippen molar-refractivity contribution in [2.75, 3.05) is 5.75 Å². The predicted molar refractivity (Wildman–Crippen MR) is 239 cm³/mol. The van der Waals surface area contributed by atoms with Crippen molar-refractivity contribution < 1.29 is 22.9 Å². The molecule has 0 spiro atoms. The maximum atomic E-state index is 12.6. The zero-order chi connectivity index (χ0) is 40.3. The molecular formula is C48H87NO5S. The lowest BCUT2D eigenvalue weighted by Crippen LogP contribution is -2.46. The van der Waals surface area contributed by atoms with Gasteiger partial charge in [0, 0.05) is 6.42 Å². The Kier molecular flexibility index (Phi) is 40.2. The lowest BCUT2D eigenvalue weighted by atomic mass is 10.0. The first-order valence-electron chi connectivity index (χ1n) is 23.0. The van der Waals surface area contributed by atoms with E-state index >= 15 is 0 Å². The number of carbonyl (C=O) groups excluding carboxylic acids is 1. The van der Waals surface area contributed by atoms with Crippen molar-refractivity contribution in [2.45, 2.75) is 231 Å². The fourth-order valence-electron chi connectivity index (χ4n) is 6.69. The summed E-state index contributed by atoms with van der Waals surface area (Å²) in [4.78, 5) is 12.6. The zero-order valence-electron chi connectivity index (χ0n) is 35.8. The first kappa shape index (κ1) is 53.0. The number of amides is 1. The molecule has 0 radical (unpaired) electrons. The van der Waals surface area contributed by atoms with Crippen LogP contribution in [0, 0.1) is 0 Å². The highest BCUT2D eigenvalue weighted by atomic mass is 32.2. The van der Waals surface area contributed by atoms with Crippen LogP contribution in [0.2, 0.25) is 0 Å². The first-order chi connectivity index (χ1) is 26.8. The highest BCUT2D eigenvalue weighted by molar-refractivity contribution is 7.85. The maximum Gasteiger partial charge on any atom is 0.267 e. The first-order valence-corrected chi connectivity index (χ1v) is 24.6. The molecule has 0 saturated carbocycles. The van der Waals surface area contributed by atoms with Gasteiger partial charge < -0.3 is 10.4 Å². The van der Waals surface area contributed by atoms with Crippen LogP contribution in [0.5, 0.6) is 0 Å². The summed E-state index contributed by atoms with van der Waals surface area (Å²) in [5.74, 6) is -1.01. The summed E-state index contributed by atoms with van der Waals surface area (Å²) in [6.45, 7) is 4.52. The fourth-order valence-corrected chi connectivity index (χ4v) is 7.42. The van der Waals surface area contributed by atoms with E-state index in [0.717, 1.165) is 44.9 Å². The summed E-state index contributed by atoms with van der Waals surface area (Å²) >= 11 is 0. The number of aliphatic hydroxyl groups is 1. The van der Waals surface area contributed by atoms with Gasteiger partial charge in [0.05, 0.1) is 17.9 Å². The molecule has 0 aliphatic rings.